The lowest BCUT2D eigenvalue weighted by atomic mass is 10.1. The van der Waals surface area contributed by atoms with Gasteiger partial charge in [-0.15, -0.1) is 0 Å². The lowest BCUT2D eigenvalue weighted by molar-refractivity contribution is -0.133. The third-order valence-corrected chi connectivity index (χ3v) is 3.57. The van der Waals surface area contributed by atoms with E-state index in [1.54, 1.807) is 0 Å². The molecule has 0 radical (unpaired) electrons. The Morgan fingerprint density at radius 1 is 1.48 bits per heavy atom. The van der Waals surface area contributed by atoms with E-state index in [0.717, 1.165) is 19.9 Å². The van der Waals surface area contributed by atoms with Crippen LogP contribution in [0.1, 0.15) is 20.3 Å². The monoisotopic (exact) mass is 316 g/mol. The molecule has 1 aromatic rings. The van der Waals surface area contributed by atoms with Crippen molar-refractivity contribution in [2.45, 2.75) is 32.0 Å². The Hall–Kier alpha value is -1.69. The van der Waals surface area contributed by atoms with E-state index >= 15 is 0 Å². The maximum Gasteiger partial charge on any atom is 0.257 e. The predicted molar refractivity (Wildman–Crippen MR) is 75.5 cm³/mol. The summed E-state index contributed by atoms with van der Waals surface area (Å²) in [5.41, 5.74) is -1.70. The number of hydrogen-bond acceptors (Lipinski definition) is 2. The molecule has 1 saturated heterocycles. The molecule has 2 amide bonds. The molecular weight excluding hydrogens is 302 g/mol. The molecule has 0 saturated carbocycles. The molecule has 0 spiro atoms. The van der Waals surface area contributed by atoms with E-state index in [2.05, 4.69) is 5.32 Å². The summed E-state index contributed by atoms with van der Waals surface area (Å²) < 4.78 is 26.9. The van der Waals surface area contributed by atoms with Gasteiger partial charge in [-0.1, -0.05) is 11.6 Å². The Morgan fingerprint density at radius 2 is 2.14 bits per heavy atom. The van der Waals surface area contributed by atoms with Crippen molar-refractivity contribution in [3.05, 3.63) is 29.0 Å². The number of benzene rings is 1. The molecule has 0 bridgehead atoms. The first-order valence-corrected chi connectivity index (χ1v) is 6.84. The third-order valence-electron chi connectivity index (χ3n) is 3.27. The highest BCUT2D eigenvalue weighted by molar-refractivity contribution is 6.30. The molecule has 4 nitrogen and oxygen atoms in total. The summed E-state index contributed by atoms with van der Waals surface area (Å²) in [6.45, 7) is 2.56. The van der Waals surface area contributed by atoms with E-state index in [1.165, 1.54) is 17.0 Å². The van der Waals surface area contributed by atoms with Crippen molar-refractivity contribution in [2.24, 2.45) is 0 Å². The number of amides is 2. The van der Waals surface area contributed by atoms with Gasteiger partial charge in [0, 0.05) is 12.2 Å². The summed E-state index contributed by atoms with van der Waals surface area (Å²) in [7, 11) is 0. The van der Waals surface area contributed by atoms with E-state index in [9.17, 15) is 18.4 Å². The number of halogens is 3. The zero-order valence-electron chi connectivity index (χ0n) is 11.6. The van der Waals surface area contributed by atoms with Crippen molar-refractivity contribution in [1.29, 1.82) is 0 Å². The molecule has 1 aliphatic rings. The fourth-order valence-corrected chi connectivity index (χ4v) is 2.17. The van der Waals surface area contributed by atoms with Gasteiger partial charge in [0.05, 0.1) is 5.02 Å². The molecule has 1 N–H and O–H groups in total. The molecule has 7 heteroatoms. The summed E-state index contributed by atoms with van der Waals surface area (Å²) in [5.74, 6) is -1.86. The maximum atomic E-state index is 13.5. The van der Waals surface area contributed by atoms with E-state index in [1.807, 2.05) is 0 Å². The second-order valence-electron chi connectivity index (χ2n) is 5.38. The van der Waals surface area contributed by atoms with Crippen LogP contribution in [0.2, 0.25) is 5.02 Å². The highest BCUT2D eigenvalue weighted by Gasteiger charge is 2.37. The number of anilines is 1. The first-order valence-electron chi connectivity index (χ1n) is 6.46. The smallest absolute Gasteiger partial charge is 0.257 e. The van der Waals surface area contributed by atoms with Crippen LogP contribution in [-0.2, 0) is 9.59 Å². The first-order chi connectivity index (χ1) is 9.70. The van der Waals surface area contributed by atoms with Gasteiger partial charge in [-0.2, -0.15) is 0 Å². The summed E-state index contributed by atoms with van der Waals surface area (Å²) in [6.07, 6.45) is 0.338. The molecule has 1 aromatic carbocycles. The maximum absolute atomic E-state index is 13.5. The van der Waals surface area contributed by atoms with Crippen molar-refractivity contribution < 1.29 is 18.4 Å². The van der Waals surface area contributed by atoms with E-state index in [0.29, 0.717) is 18.7 Å². The number of nitrogens with zero attached hydrogens (tertiary/aromatic N) is 1. The van der Waals surface area contributed by atoms with Gasteiger partial charge in [0.15, 0.2) is 5.67 Å². The number of carbonyl (C=O) groups is 2. The topological polar surface area (TPSA) is 49.4 Å². The average molecular weight is 317 g/mol. The van der Waals surface area contributed by atoms with Crippen LogP contribution in [-0.4, -0.2) is 30.1 Å². The fourth-order valence-electron chi connectivity index (χ4n) is 2.05. The third kappa shape index (κ3) is 3.32. The predicted octanol–water partition coefficient (Wildman–Crippen LogP) is 2.45. The second-order valence-corrected chi connectivity index (χ2v) is 5.78. The number of nitrogens with one attached hydrogen (secondary N) is 1. The van der Waals surface area contributed by atoms with Gasteiger partial charge in [-0.25, -0.2) is 8.78 Å². The van der Waals surface area contributed by atoms with Crippen molar-refractivity contribution >= 4 is 29.1 Å². The Balaban J connectivity index is 2.11. The molecule has 1 fully saturated rings. The molecule has 1 aliphatic heterocycles. The minimum absolute atomic E-state index is 0.0329. The van der Waals surface area contributed by atoms with Crippen molar-refractivity contribution in [2.75, 3.05) is 11.4 Å². The Bertz CT molecular complexity index is 587. The lowest BCUT2D eigenvalue weighted by Gasteiger charge is -2.19. The van der Waals surface area contributed by atoms with Crippen LogP contribution < -0.4 is 10.2 Å². The molecule has 1 atom stereocenters. The highest BCUT2D eigenvalue weighted by atomic mass is 35.5. The summed E-state index contributed by atoms with van der Waals surface area (Å²) in [5, 5.41) is 2.34. The largest absolute Gasteiger partial charge is 0.341 e. The van der Waals surface area contributed by atoms with Crippen LogP contribution in [0, 0.1) is 5.82 Å². The minimum atomic E-state index is -2.06. The van der Waals surface area contributed by atoms with Gasteiger partial charge >= 0.3 is 0 Å². The normalized spacial score (nSPS) is 19.0. The number of alkyl halides is 1. The van der Waals surface area contributed by atoms with Crippen molar-refractivity contribution in [1.82, 2.24) is 5.32 Å². The van der Waals surface area contributed by atoms with E-state index in [4.69, 9.17) is 11.6 Å². The van der Waals surface area contributed by atoms with Gasteiger partial charge in [0.2, 0.25) is 5.91 Å². The van der Waals surface area contributed by atoms with Crippen LogP contribution in [0.4, 0.5) is 14.5 Å². The molecular formula is C14H15ClF2N2O2. The van der Waals surface area contributed by atoms with Crippen LogP contribution in [0.3, 0.4) is 0 Å². The number of hydrogen-bond donors (Lipinski definition) is 1. The van der Waals surface area contributed by atoms with E-state index < -0.39 is 29.3 Å². The molecule has 2 rings (SSSR count). The van der Waals surface area contributed by atoms with Gasteiger partial charge in [0.1, 0.15) is 11.9 Å². The quantitative estimate of drug-likeness (QED) is 0.931. The Morgan fingerprint density at radius 3 is 2.71 bits per heavy atom. The van der Waals surface area contributed by atoms with Crippen molar-refractivity contribution in [3.63, 3.8) is 0 Å². The summed E-state index contributed by atoms with van der Waals surface area (Å²) in [6, 6.07) is 3.23. The van der Waals surface area contributed by atoms with Crippen LogP contribution in [0.5, 0.6) is 0 Å². The number of rotatable bonds is 3. The zero-order valence-corrected chi connectivity index (χ0v) is 12.4. The van der Waals surface area contributed by atoms with Gasteiger partial charge in [-0.3, -0.25) is 9.59 Å². The minimum Gasteiger partial charge on any atom is -0.341 e. The van der Waals surface area contributed by atoms with Gasteiger partial charge < -0.3 is 10.2 Å². The molecule has 1 heterocycles. The molecule has 0 unspecified atom stereocenters. The Kier molecular flexibility index (Phi) is 4.18. The molecule has 0 aliphatic carbocycles. The standard InChI is InChI=1S/C14H15ClF2N2O2/c1-14(2,17)13(21)18-11-5-6-19(12(11)20)8-3-4-9(15)10(16)7-8/h3-4,7,11H,5-6H2,1-2H3,(H,18,21)/t11-/m1/s1. The van der Waals surface area contributed by atoms with Gasteiger partial charge in [0.25, 0.3) is 5.91 Å². The second kappa shape index (κ2) is 5.60. The van der Waals surface area contributed by atoms with E-state index in [-0.39, 0.29) is 5.02 Å². The Labute approximate surface area is 126 Å². The van der Waals surface area contributed by atoms with Crippen LogP contribution >= 0.6 is 11.6 Å². The van der Waals surface area contributed by atoms with Crippen molar-refractivity contribution in [3.8, 4) is 0 Å². The molecule has 21 heavy (non-hydrogen) atoms. The zero-order chi connectivity index (χ0) is 15.8. The number of carbonyl (C=O) groups excluding carboxylic acids is 2. The van der Waals surface area contributed by atoms with Gasteiger partial charge in [-0.05, 0) is 38.5 Å². The summed E-state index contributed by atoms with van der Waals surface area (Å²) in [4.78, 5) is 25.1. The molecule has 114 valence electrons. The average Bonchev–Trinajstić information content (AvgIpc) is 2.73. The summed E-state index contributed by atoms with van der Waals surface area (Å²) >= 11 is 5.59. The first kappa shape index (κ1) is 15.7. The van der Waals surface area contributed by atoms with Crippen LogP contribution in [0.15, 0.2) is 18.2 Å². The fraction of sp³-hybridized carbons (Fsp3) is 0.429. The van der Waals surface area contributed by atoms with Crippen LogP contribution in [0.25, 0.3) is 0 Å². The highest BCUT2D eigenvalue weighted by Crippen LogP contribution is 2.26. The SMILES string of the molecule is CC(C)(F)C(=O)N[C@@H]1CCN(c2ccc(Cl)c(F)c2)C1=O. The molecule has 0 aromatic heterocycles. The lowest BCUT2D eigenvalue weighted by Crippen LogP contribution is -2.47.